The number of aliphatic carboxylic acids is 2. The Kier molecular flexibility index (Phi) is 9.44. The van der Waals surface area contributed by atoms with Gasteiger partial charge in [0.25, 0.3) is 0 Å². The van der Waals surface area contributed by atoms with Gasteiger partial charge in [0.05, 0.1) is 22.7 Å². The third-order valence-corrected chi connectivity index (χ3v) is 2.55. The molecule has 80 valence electrons. The van der Waals surface area contributed by atoms with E-state index in [1.54, 1.807) is 0 Å². The maximum Gasteiger partial charge on any atom is 1.00 e. The van der Waals surface area contributed by atoms with Crippen molar-refractivity contribution < 1.29 is 87.3 Å². The van der Waals surface area contributed by atoms with Gasteiger partial charge in [-0.15, -0.1) is 0 Å². The minimum absolute atomic E-state index is 0. The third kappa shape index (κ3) is 4.70. The van der Waals surface area contributed by atoms with Crippen LogP contribution in [0.4, 0.5) is 0 Å². The number of carbonyl (C=O) groups is 2. The Morgan fingerprint density at radius 3 is 2.06 bits per heavy atom. The summed E-state index contributed by atoms with van der Waals surface area (Å²) in [5, 5.41) is 21.1. The first-order valence-corrected chi connectivity index (χ1v) is 4.79. The van der Waals surface area contributed by atoms with E-state index in [-0.39, 0.29) is 59.1 Å². The molecule has 0 saturated carbocycles. The number of hydrogen-bond donors (Lipinski definition) is 0. The topological polar surface area (TPSA) is 114 Å². The molecule has 1 unspecified atom stereocenters. The zero-order valence-electron chi connectivity index (χ0n) is 9.17. The van der Waals surface area contributed by atoms with Gasteiger partial charge in [-0.05, 0) is 11.6 Å². The molecular weight excluding hydrogens is 270 g/mol. The Bertz CT molecular complexity index is 508. The number of carbonyl (C=O) groups excluding carboxylic acids is 2. The van der Waals surface area contributed by atoms with Crippen LogP contribution < -0.4 is 69.3 Å². The summed E-state index contributed by atoms with van der Waals surface area (Å²) in [5.74, 6) is -5.34. The van der Waals surface area contributed by atoms with Crippen LogP contribution in [0.15, 0.2) is 23.8 Å². The van der Waals surface area contributed by atoms with Crippen LogP contribution in [0.2, 0.25) is 0 Å². The predicted octanol–water partition coefficient (Wildman–Crippen LogP) is -9.34. The average Bonchev–Trinajstić information content (AvgIpc) is 2.16. The first-order valence-electron chi connectivity index (χ1n) is 3.71. The summed E-state index contributed by atoms with van der Waals surface area (Å²) in [5.41, 5.74) is -0.642. The van der Waals surface area contributed by atoms with Crippen molar-refractivity contribution in [1.82, 2.24) is 0 Å². The van der Waals surface area contributed by atoms with Crippen molar-refractivity contribution >= 4 is 27.1 Å². The molecule has 0 heterocycles. The van der Waals surface area contributed by atoms with Crippen LogP contribution in [0.5, 0.6) is 0 Å². The Hall–Kier alpha value is 0.110. The van der Waals surface area contributed by atoms with Gasteiger partial charge in [-0.25, -0.2) is 0 Å². The molecular formula is C8H4Na2O6S. The van der Waals surface area contributed by atoms with Gasteiger partial charge < -0.3 is 19.8 Å². The van der Waals surface area contributed by atoms with Gasteiger partial charge in [0.15, 0.2) is 0 Å². The molecule has 0 saturated heterocycles. The number of hydrogen-bond acceptors (Lipinski definition) is 6. The van der Waals surface area contributed by atoms with Gasteiger partial charge in [-0.2, -0.15) is 8.42 Å². The molecule has 0 aliphatic heterocycles. The van der Waals surface area contributed by atoms with Crippen molar-refractivity contribution in [3.05, 3.63) is 23.8 Å². The van der Waals surface area contributed by atoms with E-state index in [1.807, 2.05) is 0 Å². The maximum absolute atomic E-state index is 10.6. The van der Waals surface area contributed by atoms with Crippen LogP contribution in [0.3, 0.4) is 0 Å². The molecule has 17 heavy (non-hydrogen) atoms. The van der Waals surface area contributed by atoms with Crippen molar-refractivity contribution in [2.75, 3.05) is 0 Å². The molecule has 0 aromatic rings. The molecule has 9 heteroatoms. The van der Waals surface area contributed by atoms with Crippen molar-refractivity contribution in [3.63, 3.8) is 0 Å². The first kappa shape index (κ1) is 19.4. The summed E-state index contributed by atoms with van der Waals surface area (Å²) in [6.45, 7) is 0. The van der Waals surface area contributed by atoms with E-state index in [1.165, 1.54) is 0 Å². The molecule has 0 N–H and O–H groups in total. The van der Waals surface area contributed by atoms with Crippen LogP contribution in [-0.4, -0.2) is 25.2 Å². The fourth-order valence-corrected chi connectivity index (χ4v) is 1.78. The van der Waals surface area contributed by atoms with Gasteiger partial charge in [0.1, 0.15) is 0 Å². The minimum Gasteiger partial charge on any atom is -0.549 e. The smallest absolute Gasteiger partial charge is 0.549 e. The monoisotopic (exact) mass is 274 g/mol. The fraction of sp³-hybridized carbons (Fsp3) is 0.125. The van der Waals surface area contributed by atoms with Crippen molar-refractivity contribution in [2.45, 2.75) is 0 Å². The Labute approximate surface area is 143 Å². The van der Waals surface area contributed by atoms with E-state index in [0.717, 1.165) is 18.2 Å². The summed E-state index contributed by atoms with van der Waals surface area (Å²) in [6.07, 6.45) is 3.08. The van der Waals surface area contributed by atoms with Crippen LogP contribution in [0.25, 0.3) is 0 Å². The number of carboxylic acid groups (broad SMARTS) is 2. The van der Waals surface area contributed by atoms with Crippen LogP contribution in [0.1, 0.15) is 0 Å². The van der Waals surface area contributed by atoms with E-state index < -0.39 is 38.6 Å². The average molecular weight is 274 g/mol. The van der Waals surface area contributed by atoms with E-state index in [4.69, 9.17) is 0 Å². The second-order valence-electron chi connectivity index (χ2n) is 2.66. The van der Waals surface area contributed by atoms with E-state index in [0.29, 0.717) is 0 Å². The fourth-order valence-electron chi connectivity index (χ4n) is 1.17. The number of carboxylic acids is 2. The van der Waals surface area contributed by atoms with Gasteiger partial charge in [-0.1, -0.05) is 12.2 Å². The van der Waals surface area contributed by atoms with Gasteiger partial charge >= 0.3 is 59.1 Å². The van der Waals surface area contributed by atoms with E-state index in [9.17, 15) is 28.2 Å². The maximum atomic E-state index is 10.6. The minimum atomic E-state index is -2.81. The molecule has 1 rings (SSSR count). The van der Waals surface area contributed by atoms with Gasteiger partial charge in [-0.3, -0.25) is 0 Å². The standard InChI is InChI=1S/C8H6O6S.2Na/c9-7(10)4-2-1-3-5(15(13)14)6(4)8(11)12;;/h1-3,6H,(H,9,10)(H,11,12);;/q;2*+1/p-2. The Morgan fingerprint density at radius 1 is 1.18 bits per heavy atom. The van der Waals surface area contributed by atoms with E-state index in [2.05, 4.69) is 0 Å². The van der Waals surface area contributed by atoms with Crippen molar-refractivity contribution in [1.29, 1.82) is 0 Å². The third-order valence-electron chi connectivity index (χ3n) is 1.80. The van der Waals surface area contributed by atoms with Gasteiger partial charge in [0, 0.05) is 0 Å². The molecule has 0 radical (unpaired) electrons. The van der Waals surface area contributed by atoms with Crippen LogP contribution >= 0.6 is 0 Å². The molecule has 1 aliphatic carbocycles. The molecule has 1 atom stereocenters. The van der Waals surface area contributed by atoms with Crippen LogP contribution in [-0.2, 0) is 19.9 Å². The predicted molar refractivity (Wildman–Crippen MR) is 44.7 cm³/mol. The van der Waals surface area contributed by atoms with Crippen molar-refractivity contribution in [3.8, 4) is 0 Å². The second kappa shape index (κ2) is 8.25. The summed E-state index contributed by atoms with van der Waals surface area (Å²) in [7, 11) is -2.81. The second-order valence-corrected chi connectivity index (χ2v) is 3.60. The molecule has 0 bridgehead atoms. The molecule has 0 aromatic carbocycles. The normalized spacial score (nSPS) is 17.3. The summed E-state index contributed by atoms with van der Waals surface area (Å²) < 4.78 is 21.2. The summed E-state index contributed by atoms with van der Waals surface area (Å²) in [4.78, 5) is 20.6. The van der Waals surface area contributed by atoms with Crippen molar-refractivity contribution in [2.24, 2.45) is 5.92 Å². The molecule has 6 nitrogen and oxygen atoms in total. The molecule has 0 amide bonds. The molecule has 0 aromatic heterocycles. The Morgan fingerprint density at radius 2 is 1.71 bits per heavy atom. The SMILES string of the molecule is O=C([O-])C1=CC=CC(=S(=O)=O)C1C(=O)[O-].[Na+].[Na+]. The molecule has 0 spiro atoms. The zero-order chi connectivity index (χ0) is 11.6. The summed E-state index contributed by atoms with van der Waals surface area (Å²) in [6, 6.07) is 0. The Balaban J connectivity index is 0. The van der Waals surface area contributed by atoms with Gasteiger partial charge in [0.2, 0.25) is 10.3 Å². The first-order chi connectivity index (χ1) is 6.95. The number of allylic oxidation sites excluding steroid dienone is 3. The zero-order valence-corrected chi connectivity index (χ0v) is 14.0. The number of rotatable bonds is 2. The molecule has 1 aliphatic rings. The molecule has 0 fully saturated rings. The quantitative estimate of drug-likeness (QED) is 0.365. The largest absolute Gasteiger partial charge is 1.00 e. The van der Waals surface area contributed by atoms with Crippen LogP contribution in [0, 0.1) is 5.92 Å². The van der Waals surface area contributed by atoms with E-state index >= 15 is 0 Å². The summed E-state index contributed by atoms with van der Waals surface area (Å²) >= 11 is 0.